The highest BCUT2D eigenvalue weighted by atomic mass is 79.9. The molecule has 0 amide bonds. The van der Waals surface area contributed by atoms with Crippen LogP contribution < -0.4 is 5.32 Å². The van der Waals surface area contributed by atoms with Crippen molar-refractivity contribution >= 4 is 26.9 Å². The lowest BCUT2D eigenvalue weighted by molar-refractivity contribution is 0.393. The SMILES string of the molecule is CCc1c(CNC(C)(C)C)oc2c(Br)ccc(F)c12. The fraction of sp³-hybridized carbons (Fsp3) is 0.467. The number of nitrogens with one attached hydrogen (secondary N) is 1. The minimum absolute atomic E-state index is 0.000235. The number of fused-ring (bicyclic) bond motifs is 1. The maximum Gasteiger partial charge on any atom is 0.151 e. The van der Waals surface area contributed by atoms with E-state index in [9.17, 15) is 4.39 Å². The third-order valence-corrected chi connectivity index (χ3v) is 3.68. The molecule has 0 aliphatic carbocycles. The molecule has 2 aromatic rings. The molecule has 1 heterocycles. The average molecular weight is 328 g/mol. The van der Waals surface area contributed by atoms with Crippen molar-refractivity contribution < 1.29 is 8.81 Å². The summed E-state index contributed by atoms with van der Waals surface area (Å²) in [6, 6.07) is 3.16. The van der Waals surface area contributed by atoms with Crippen molar-refractivity contribution in [2.75, 3.05) is 0 Å². The van der Waals surface area contributed by atoms with Crippen LogP contribution in [0.2, 0.25) is 0 Å². The molecule has 104 valence electrons. The van der Waals surface area contributed by atoms with Crippen LogP contribution in [0.25, 0.3) is 11.0 Å². The number of furan rings is 1. The van der Waals surface area contributed by atoms with E-state index in [0.29, 0.717) is 17.5 Å². The average Bonchev–Trinajstić information content (AvgIpc) is 2.70. The molecule has 0 aliphatic heterocycles. The molecule has 1 aromatic carbocycles. The Hall–Kier alpha value is -0.870. The van der Waals surface area contributed by atoms with Gasteiger partial charge in [-0.1, -0.05) is 6.92 Å². The van der Waals surface area contributed by atoms with Crippen LogP contribution >= 0.6 is 15.9 Å². The normalized spacial score (nSPS) is 12.3. The van der Waals surface area contributed by atoms with Gasteiger partial charge in [-0.3, -0.25) is 0 Å². The standard InChI is InChI=1S/C15H19BrFNO/c1-5-9-12(8-18-15(2,3)4)19-14-10(16)6-7-11(17)13(9)14/h6-7,18H,5,8H2,1-4H3. The Labute approximate surface area is 121 Å². The first-order chi connectivity index (χ1) is 8.83. The van der Waals surface area contributed by atoms with Crippen molar-refractivity contribution in [1.29, 1.82) is 0 Å². The minimum atomic E-state index is -0.221. The van der Waals surface area contributed by atoms with E-state index in [1.54, 1.807) is 6.07 Å². The van der Waals surface area contributed by atoms with Crippen LogP contribution in [0.5, 0.6) is 0 Å². The molecule has 0 spiro atoms. The summed E-state index contributed by atoms with van der Waals surface area (Å²) in [5.74, 6) is 0.596. The summed E-state index contributed by atoms with van der Waals surface area (Å²) >= 11 is 3.42. The second-order valence-corrected chi connectivity index (χ2v) is 6.55. The summed E-state index contributed by atoms with van der Waals surface area (Å²) in [6.45, 7) is 8.91. The lowest BCUT2D eigenvalue weighted by Crippen LogP contribution is -2.35. The molecule has 1 aromatic heterocycles. The second kappa shape index (κ2) is 5.25. The number of aryl methyl sites for hydroxylation is 1. The van der Waals surface area contributed by atoms with Crippen LogP contribution in [0, 0.1) is 5.82 Å². The van der Waals surface area contributed by atoms with Gasteiger partial charge in [-0.15, -0.1) is 0 Å². The first kappa shape index (κ1) is 14.5. The zero-order valence-corrected chi connectivity index (χ0v) is 13.3. The van der Waals surface area contributed by atoms with Crippen molar-refractivity contribution in [1.82, 2.24) is 5.32 Å². The van der Waals surface area contributed by atoms with Crippen LogP contribution in [0.3, 0.4) is 0 Å². The number of hydrogen-bond donors (Lipinski definition) is 1. The van der Waals surface area contributed by atoms with Crippen molar-refractivity contribution in [2.45, 2.75) is 46.2 Å². The summed E-state index contributed by atoms with van der Waals surface area (Å²) in [6.07, 6.45) is 0.752. The highest BCUT2D eigenvalue weighted by Gasteiger charge is 2.19. The molecule has 4 heteroatoms. The van der Waals surface area contributed by atoms with Crippen LogP contribution in [-0.2, 0) is 13.0 Å². The molecule has 19 heavy (non-hydrogen) atoms. The molecule has 0 unspecified atom stereocenters. The molecule has 1 N–H and O–H groups in total. The van der Waals surface area contributed by atoms with Gasteiger partial charge in [0.15, 0.2) is 5.58 Å². The van der Waals surface area contributed by atoms with Crippen molar-refractivity contribution in [2.24, 2.45) is 0 Å². The molecule has 0 radical (unpaired) electrons. The Morgan fingerprint density at radius 3 is 2.58 bits per heavy atom. The molecule has 2 nitrogen and oxygen atoms in total. The predicted molar refractivity (Wildman–Crippen MR) is 79.8 cm³/mol. The van der Waals surface area contributed by atoms with Gasteiger partial charge in [-0.25, -0.2) is 4.39 Å². The molecule has 0 bridgehead atoms. The minimum Gasteiger partial charge on any atom is -0.458 e. The molecule has 0 saturated carbocycles. The topological polar surface area (TPSA) is 25.2 Å². The molecule has 2 rings (SSSR count). The Morgan fingerprint density at radius 2 is 2.00 bits per heavy atom. The number of hydrogen-bond acceptors (Lipinski definition) is 2. The molecule has 0 saturated heterocycles. The van der Waals surface area contributed by atoms with E-state index in [4.69, 9.17) is 4.42 Å². The quantitative estimate of drug-likeness (QED) is 0.877. The molecular weight excluding hydrogens is 309 g/mol. The Morgan fingerprint density at radius 1 is 1.32 bits per heavy atom. The Kier molecular flexibility index (Phi) is 4.02. The largest absolute Gasteiger partial charge is 0.458 e. The number of rotatable bonds is 3. The molecule has 0 fully saturated rings. The first-order valence-electron chi connectivity index (χ1n) is 6.46. The van der Waals surface area contributed by atoms with Gasteiger partial charge in [0, 0.05) is 11.1 Å². The third kappa shape index (κ3) is 3.00. The second-order valence-electron chi connectivity index (χ2n) is 5.69. The van der Waals surface area contributed by atoms with Crippen molar-refractivity contribution in [3.05, 3.63) is 33.7 Å². The van der Waals surface area contributed by atoms with Gasteiger partial charge in [0.1, 0.15) is 11.6 Å². The Balaban J connectivity index is 2.50. The van der Waals surface area contributed by atoms with Crippen LogP contribution in [0.1, 0.15) is 39.0 Å². The van der Waals surface area contributed by atoms with E-state index in [2.05, 4.69) is 42.0 Å². The molecule has 0 aliphatic rings. The van der Waals surface area contributed by atoms with E-state index >= 15 is 0 Å². The number of benzene rings is 1. The van der Waals surface area contributed by atoms with Gasteiger partial charge in [0.05, 0.1) is 16.4 Å². The van der Waals surface area contributed by atoms with Gasteiger partial charge in [0.25, 0.3) is 0 Å². The first-order valence-corrected chi connectivity index (χ1v) is 7.26. The Bertz CT molecular complexity index is 598. The smallest absolute Gasteiger partial charge is 0.151 e. The van der Waals surface area contributed by atoms with Gasteiger partial charge < -0.3 is 9.73 Å². The van der Waals surface area contributed by atoms with E-state index < -0.39 is 0 Å². The maximum atomic E-state index is 14.0. The summed E-state index contributed by atoms with van der Waals surface area (Å²) in [4.78, 5) is 0. The van der Waals surface area contributed by atoms with Gasteiger partial charge >= 0.3 is 0 Å². The summed E-state index contributed by atoms with van der Waals surface area (Å²) in [5, 5.41) is 3.98. The summed E-state index contributed by atoms with van der Waals surface area (Å²) in [5.41, 5.74) is 1.55. The van der Waals surface area contributed by atoms with Crippen LogP contribution in [0.4, 0.5) is 4.39 Å². The zero-order valence-electron chi connectivity index (χ0n) is 11.7. The van der Waals surface area contributed by atoms with Gasteiger partial charge in [0.2, 0.25) is 0 Å². The van der Waals surface area contributed by atoms with Crippen LogP contribution in [0.15, 0.2) is 21.0 Å². The van der Waals surface area contributed by atoms with E-state index in [1.165, 1.54) is 6.07 Å². The van der Waals surface area contributed by atoms with Crippen LogP contribution in [-0.4, -0.2) is 5.54 Å². The molecular formula is C15H19BrFNO. The highest BCUT2D eigenvalue weighted by Crippen LogP contribution is 2.34. The van der Waals surface area contributed by atoms with Gasteiger partial charge in [-0.2, -0.15) is 0 Å². The lowest BCUT2D eigenvalue weighted by Gasteiger charge is -2.19. The monoisotopic (exact) mass is 327 g/mol. The lowest BCUT2D eigenvalue weighted by atomic mass is 10.1. The third-order valence-electron chi connectivity index (χ3n) is 3.06. The maximum absolute atomic E-state index is 14.0. The zero-order chi connectivity index (χ0) is 14.2. The predicted octanol–water partition coefficient (Wildman–Crippen LogP) is 4.78. The highest BCUT2D eigenvalue weighted by molar-refractivity contribution is 9.10. The van der Waals surface area contributed by atoms with Gasteiger partial charge in [-0.05, 0) is 55.3 Å². The van der Waals surface area contributed by atoms with Crippen molar-refractivity contribution in [3.63, 3.8) is 0 Å². The molecule has 0 atom stereocenters. The fourth-order valence-electron chi connectivity index (χ4n) is 2.10. The van der Waals surface area contributed by atoms with Crippen molar-refractivity contribution in [3.8, 4) is 0 Å². The summed E-state index contributed by atoms with van der Waals surface area (Å²) < 4.78 is 20.6. The van der Waals surface area contributed by atoms with E-state index in [0.717, 1.165) is 22.2 Å². The number of halogens is 2. The van der Waals surface area contributed by atoms with E-state index in [-0.39, 0.29) is 11.4 Å². The fourth-order valence-corrected chi connectivity index (χ4v) is 2.51. The van der Waals surface area contributed by atoms with E-state index in [1.807, 2.05) is 6.92 Å². The summed E-state index contributed by atoms with van der Waals surface area (Å²) in [7, 11) is 0.